The van der Waals surface area contributed by atoms with Crippen LogP contribution in [-0.4, -0.2) is 51.7 Å². The third kappa shape index (κ3) is 7.28. The normalized spacial score (nSPS) is 11.2. The molecule has 2 aromatic rings. The largest absolute Gasteiger partial charge is 0.497 e. The van der Waals surface area contributed by atoms with E-state index in [4.69, 9.17) is 9.47 Å². The average molecular weight is 392 g/mol. The number of ether oxygens (including phenoxy) is 2. The van der Waals surface area contributed by atoms with Crippen molar-refractivity contribution < 1.29 is 22.7 Å². The Morgan fingerprint density at radius 1 is 1.07 bits per heavy atom. The number of rotatable bonds is 10. The highest BCUT2D eigenvalue weighted by Gasteiger charge is 2.20. The van der Waals surface area contributed by atoms with E-state index in [1.165, 1.54) is 0 Å². The molecule has 0 unspecified atom stereocenters. The molecule has 27 heavy (non-hydrogen) atoms. The minimum absolute atomic E-state index is 0.146. The van der Waals surface area contributed by atoms with Gasteiger partial charge in [-0.2, -0.15) is 4.31 Å². The van der Waals surface area contributed by atoms with Crippen molar-refractivity contribution in [3.05, 3.63) is 60.2 Å². The summed E-state index contributed by atoms with van der Waals surface area (Å²) in [5.74, 6) is 0.928. The third-order valence-electron chi connectivity index (χ3n) is 3.72. The molecule has 0 aromatic heterocycles. The lowest BCUT2D eigenvalue weighted by Gasteiger charge is -2.19. The van der Waals surface area contributed by atoms with Crippen LogP contribution in [0.3, 0.4) is 0 Å². The second kappa shape index (κ2) is 9.94. The summed E-state index contributed by atoms with van der Waals surface area (Å²) in [6.45, 7) is 0.426. The van der Waals surface area contributed by atoms with E-state index in [2.05, 4.69) is 5.32 Å². The summed E-state index contributed by atoms with van der Waals surface area (Å²) in [5.41, 5.74) is 0.817. The number of carbonyl (C=O) groups excluding carboxylic acids is 1. The van der Waals surface area contributed by atoms with E-state index in [0.29, 0.717) is 11.5 Å². The molecule has 0 saturated heterocycles. The fourth-order valence-electron chi connectivity index (χ4n) is 2.34. The number of sulfonamides is 1. The van der Waals surface area contributed by atoms with Crippen LogP contribution < -0.4 is 14.8 Å². The Morgan fingerprint density at radius 3 is 2.44 bits per heavy atom. The lowest BCUT2D eigenvalue weighted by Crippen LogP contribution is -2.40. The van der Waals surface area contributed by atoms with Gasteiger partial charge in [-0.1, -0.05) is 36.4 Å². The van der Waals surface area contributed by atoms with Crippen LogP contribution in [0.15, 0.2) is 54.6 Å². The van der Waals surface area contributed by atoms with Gasteiger partial charge in [-0.25, -0.2) is 8.42 Å². The van der Waals surface area contributed by atoms with Crippen molar-refractivity contribution in [1.29, 1.82) is 0 Å². The molecule has 0 saturated carbocycles. The molecule has 0 spiro atoms. The van der Waals surface area contributed by atoms with Gasteiger partial charge in [-0.3, -0.25) is 4.79 Å². The lowest BCUT2D eigenvalue weighted by atomic mass is 10.2. The quantitative estimate of drug-likeness (QED) is 0.622. The molecule has 0 radical (unpaired) electrons. The molecule has 0 atom stereocenters. The van der Waals surface area contributed by atoms with Crippen LogP contribution in [0.1, 0.15) is 5.56 Å². The number of hydrogen-bond donors (Lipinski definition) is 1. The predicted octanol–water partition coefficient (Wildman–Crippen LogP) is 1.65. The highest BCUT2D eigenvalue weighted by atomic mass is 32.2. The Morgan fingerprint density at radius 2 is 1.78 bits per heavy atom. The predicted molar refractivity (Wildman–Crippen MR) is 103 cm³/mol. The number of carbonyl (C=O) groups is 1. The van der Waals surface area contributed by atoms with Gasteiger partial charge in [0.05, 0.1) is 26.5 Å². The van der Waals surface area contributed by atoms with Crippen molar-refractivity contribution in [1.82, 2.24) is 9.62 Å². The fourth-order valence-corrected chi connectivity index (χ4v) is 3.08. The number of nitrogens with one attached hydrogen (secondary N) is 1. The SMILES string of the molecule is COc1cccc(OCCNC(=O)CN(Cc2ccccc2)S(C)(=O)=O)c1. The monoisotopic (exact) mass is 392 g/mol. The molecule has 0 bridgehead atoms. The molecule has 0 heterocycles. The zero-order valence-corrected chi connectivity index (χ0v) is 16.2. The molecular formula is C19H24N2O5S. The molecule has 8 heteroatoms. The summed E-state index contributed by atoms with van der Waals surface area (Å²) < 4.78 is 35.7. The summed E-state index contributed by atoms with van der Waals surface area (Å²) in [6, 6.07) is 16.3. The van der Waals surface area contributed by atoms with Gasteiger partial charge in [0.15, 0.2) is 0 Å². The van der Waals surface area contributed by atoms with Crippen molar-refractivity contribution in [3.63, 3.8) is 0 Å². The molecular weight excluding hydrogens is 368 g/mol. The van der Waals surface area contributed by atoms with E-state index in [1.54, 1.807) is 31.4 Å². The molecule has 0 fully saturated rings. The second-order valence-electron chi connectivity index (χ2n) is 5.89. The van der Waals surface area contributed by atoms with Crippen LogP contribution in [0.5, 0.6) is 11.5 Å². The number of amides is 1. The average Bonchev–Trinajstić information content (AvgIpc) is 2.65. The zero-order valence-electron chi connectivity index (χ0n) is 15.4. The summed E-state index contributed by atoms with van der Waals surface area (Å²) >= 11 is 0. The van der Waals surface area contributed by atoms with E-state index in [0.717, 1.165) is 16.1 Å². The minimum Gasteiger partial charge on any atom is -0.497 e. The molecule has 7 nitrogen and oxygen atoms in total. The van der Waals surface area contributed by atoms with E-state index < -0.39 is 10.0 Å². The number of hydrogen-bond acceptors (Lipinski definition) is 5. The number of methoxy groups -OCH3 is 1. The Kier molecular flexibility index (Phi) is 7.63. The van der Waals surface area contributed by atoms with Gasteiger partial charge in [-0.15, -0.1) is 0 Å². The van der Waals surface area contributed by atoms with E-state index in [-0.39, 0.29) is 32.1 Å². The first-order chi connectivity index (χ1) is 12.9. The van der Waals surface area contributed by atoms with Crippen LogP contribution in [0.2, 0.25) is 0 Å². The summed E-state index contributed by atoms with van der Waals surface area (Å²) in [4.78, 5) is 12.1. The van der Waals surface area contributed by atoms with Gasteiger partial charge in [-0.05, 0) is 17.7 Å². The lowest BCUT2D eigenvalue weighted by molar-refractivity contribution is -0.121. The minimum atomic E-state index is -3.51. The molecule has 0 aliphatic carbocycles. The van der Waals surface area contributed by atoms with Crippen LogP contribution in [-0.2, 0) is 21.4 Å². The highest BCUT2D eigenvalue weighted by Crippen LogP contribution is 2.18. The standard InChI is InChI=1S/C19H24N2O5S/c1-25-17-9-6-10-18(13-17)26-12-11-20-19(22)15-21(27(2,23)24)14-16-7-4-3-5-8-16/h3-10,13H,11-12,14-15H2,1-2H3,(H,20,22). The van der Waals surface area contributed by atoms with Crippen molar-refractivity contribution in [2.24, 2.45) is 0 Å². The second-order valence-corrected chi connectivity index (χ2v) is 7.88. The number of nitrogens with zero attached hydrogens (tertiary/aromatic N) is 1. The van der Waals surface area contributed by atoms with E-state index in [9.17, 15) is 13.2 Å². The van der Waals surface area contributed by atoms with Crippen LogP contribution in [0, 0.1) is 0 Å². The Hall–Kier alpha value is -2.58. The first kappa shape index (κ1) is 20.7. The first-order valence-corrected chi connectivity index (χ1v) is 10.3. The van der Waals surface area contributed by atoms with Crippen molar-refractivity contribution >= 4 is 15.9 Å². The van der Waals surface area contributed by atoms with Gasteiger partial charge < -0.3 is 14.8 Å². The molecule has 2 rings (SSSR count). The maximum Gasteiger partial charge on any atom is 0.235 e. The van der Waals surface area contributed by atoms with Crippen molar-refractivity contribution in [2.75, 3.05) is 33.1 Å². The van der Waals surface area contributed by atoms with Crippen molar-refractivity contribution in [3.8, 4) is 11.5 Å². The van der Waals surface area contributed by atoms with Gasteiger partial charge in [0.2, 0.25) is 15.9 Å². The fraction of sp³-hybridized carbons (Fsp3) is 0.316. The van der Waals surface area contributed by atoms with Gasteiger partial charge >= 0.3 is 0 Å². The molecule has 0 aliphatic rings. The third-order valence-corrected chi connectivity index (χ3v) is 4.92. The Bertz CT molecular complexity index is 840. The zero-order chi connectivity index (χ0) is 19.7. The van der Waals surface area contributed by atoms with E-state index in [1.807, 2.05) is 30.3 Å². The molecule has 1 N–H and O–H groups in total. The van der Waals surface area contributed by atoms with Gasteiger partial charge in [0.1, 0.15) is 18.1 Å². The summed E-state index contributed by atoms with van der Waals surface area (Å²) in [6.07, 6.45) is 1.09. The van der Waals surface area contributed by atoms with Crippen molar-refractivity contribution in [2.45, 2.75) is 6.54 Å². The van der Waals surface area contributed by atoms with E-state index >= 15 is 0 Å². The first-order valence-electron chi connectivity index (χ1n) is 8.41. The number of benzene rings is 2. The smallest absolute Gasteiger partial charge is 0.235 e. The molecule has 146 valence electrons. The van der Waals surface area contributed by atoms with Gasteiger partial charge in [0.25, 0.3) is 0 Å². The highest BCUT2D eigenvalue weighted by molar-refractivity contribution is 7.88. The van der Waals surface area contributed by atoms with Crippen LogP contribution in [0.4, 0.5) is 0 Å². The van der Waals surface area contributed by atoms with Crippen LogP contribution in [0.25, 0.3) is 0 Å². The Balaban J connectivity index is 1.81. The maximum atomic E-state index is 12.1. The molecule has 2 aromatic carbocycles. The topological polar surface area (TPSA) is 84.9 Å². The van der Waals surface area contributed by atoms with Crippen LogP contribution >= 0.6 is 0 Å². The summed E-state index contributed by atoms with van der Waals surface area (Å²) in [7, 11) is -1.94. The molecule has 1 amide bonds. The van der Waals surface area contributed by atoms with Gasteiger partial charge in [0, 0.05) is 12.6 Å². The Labute approximate surface area is 160 Å². The summed E-state index contributed by atoms with van der Waals surface area (Å²) in [5, 5.41) is 2.67. The maximum absolute atomic E-state index is 12.1. The molecule has 0 aliphatic heterocycles.